The largest absolute Gasteiger partial charge is 0.462 e. The van der Waals surface area contributed by atoms with E-state index in [1.54, 1.807) is 13.8 Å². The number of amides is 1. The molecule has 1 aromatic carbocycles. The van der Waals surface area contributed by atoms with Crippen molar-refractivity contribution in [1.82, 2.24) is 0 Å². The van der Waals surface area contributed by atoms with E-state index in [1.807, 2.05) is 71.9 Å². The average molecular weight is 473 g/mol. The summed E-state index contributed by atoms with van der Waals surface area (Å²) >= 11 is 0. The molecule has 0 spiro atoms. The Kier molecular flexibility index (Phi) is 8.53. The van der Waals surface area contributed by atoms with Gasteiger partial charge < -0.3 is 19.2 Å². The maximum Gasteiger partial charge on any atom is 0.344 e. The van der Waals surface area contributed by atoms with Gasteiger partial charge in [0.1, 0.15) is 11.1 Å². The van der Waals surface area contributed by atoms with Crippen molar-refractivity contribution in [2.24, 2.45) is 0 Å². The van der Waals surface area contributed by atoms with Gasteiger partial charge in [0.05, 0.1) is 19.6 Å². The third-order valence-corrected chi connectivity index (χ3v) is 4.66. The Morgan fingerprint density at radius 2 is 1.41 bits per heavy atom. The van der Waals surface area contributed by atoms with Crippen LogP contribution in [0.1, 0.15) is 81.7 Å². The van der Waals surface area contributed by atoms with Gasteiger partial charge in [-0.15, -0.1) is 0 Å². The Morgan fingerprint density at radius 3 is 1.88 bits per heavy atom. The molecule has 8 nitrogen and oxygen atoms in total. The van der Waals surface area contributed by atoms with Gasteiger partial charge in [-0.05, 0) is 61.0 Å². The molecule has 2 aromatic rings. The van der Waals surface area contributed by atoms with Crippen LogP contribution in [-0.4, -0.2) is 42.1 Å². The number of carbonyl (C=O) groups excluding carboxylic acids is 3. The van der Waals surface area contributed by atoms with Crippen LogP contribution in [0, 0.1) is 0 Å². The van der Waals surface area contributed by atoms with E-state index in [2.05, 4.69) is 5.32 Å². The Labute approximate surface area is 201 Å². The van der Waals surface area contributed by atoms with Crippen LogP contribution in [0.25, 0.3) is 0 Å². The summed E-state index contributed by atoms with van der Waals surface area (Å²) in [5, 5.41) is 3.13. The molecule has 0 aliphatic carbocycles. The van der Waals surface area contributed by atoms with Crippen LogP contribution < -0.4 is 10.2 Å². The maximum absolute atomic E-state index is 13.6. The lowest BCUT2D eigenvalue weighted by atomic mass is 10.0. The van der Waals surface area contributed by atoms with Crippen molar-refractivity contribution in [3.8, 4) is 0 Å². The minimum absolute atomic E-state index is 0.0470. The molecule has 186 valence electrons. The summed E-state index contributed by atoms with van der Waals surface area (Å²) in [6, 6.07) is 9.28. The fourth-order valence-electron chi connectivity index (χ4n) is 3.44. The van der Waals surface area contributed by atoms with Crippen LogP contribution in [0.15, 0.2) is 34.7 Å². The predicted octanol–water partition coefficient (Wildman–Crippen LogP) is 5.22. The zero-order valence-electron chi connectivity index (χ0n) is 21.4. The molecule has 34 heavy (non-hydrogen) atoms. The lowest BCUT2D eigenvalue weighted by Gasteiger charge is -2.34. The molecule has 1 aromatic heterocycles. The number of nitrogens with one attached hydrogen (secondary N) is 1. The van der Waals surface area contributed by atoms with Crippen LogP contribution in [0.3, 0.4) is 0 Å². The Hall–Kier alpha value is -3.29. The van der Waals surface area contributed by atoms with Gasteiger partial charge in [-0.2, -0.15) is 0 Å². The number of ether oxygens (including phenoxy) is 2. The third-order valence-electron chi connectivity index (χ3n) is 4.66. The SMILES string of the molecule is CCOC(=O)c1c(NC(C)(C)C)oc(N(C(=O)Cc2ccccc2)C(C)(C)C)c1C(=O)OCC. The Bertz CT molecular complexity index is 1010. The normalized spacial score (nSPS) is 11.6. The van der Waals surface area contributed by atoms with E-state index in [4.69, 9.17) is 13.9 Å². The molecule has 0 bridgehead atoms. The number of hydrogen-bond donors (Lipinski definition) is 1. The van der Waals surface area contributed by atoms with E-state index in [0.717, 1.165) is 5.56 Å². The highest BCUT2D eigenvalue weighted by atomic mass is 16.5. The van der Waals surface area contributed by atoms with Gasteiger partial charge in [-0.1, -0.05) is 30.3 Å². The fraction of sp³-hybridized carbons (Fsp3) is 0.500. The van der Waals surface area contributed by atoms with Crippen molar-refractivity contribution in [3.63, 3.8) is 0 Å². The molecule has 0 radical (unpaired) electrons. The van der Waals surface area contributed by atoms with E-state index in [-0.39, 0.29) is 48.4 Å². The summed E-state index contributed by atoms with van der Waals surface area (Å²) < 4.78 is 16.6. The molecule has 2 rings (SSSR count). The van der Waals surface area contributed by atoms with Crippen LogP contribution in [0.4, 0.5) is 11.8 Å². The molecule has 0 atom stereocenters. The van der Waals surface area contributed by atoms with Gasteiger partial charge in [-0.25, -0.2) is 9.59 Å². The topological polar surface area (TPSA) is 98.1 Å². The highest BCUT2D eigenvalue weighted by Gasteiger charge is 2.41. The van der Waals surface area contributed by atoms with Gasteiger partial charge in [0.25, 0.3) is 0 Å². The van der Waals surface area contributed by atoms with Gasteiger partial charge in [0.2, 0.25) is 17.7 Å². The number of hydrogen-bond acceptors (Lipinski definition) is 7. The molecule has 0 saturated heterocycles. The van der Waals surface area contributed by atoms with E-state index < -0.39 is 23.0 Å². The zero-order valence-corrected chi connectivity index (χ0v) is 21.4. The van der Waals surface area contributed by atoms with Crippen molar-refractivity contribution in [2.75, 3.05) is 23.4 Å². The second-order valence-corrected chi connectivity index (χ2v) is 9.86. The second kappa shape index (κ2) is 10.8. The number of anilines is 2. The maximum atomic E-state index is 13.6. The first kappa shape index (κ1) is 27.0. The van der Waals surface area contributed by atoms with Crippen molar-refractivity contribution >= 4 is 29.6 Å². The van der Waals surface area contributed by atoms with Crippen molar-refractivity contribution < 1.29 is 28.3 Å². The van der Waals surface area contributed by atoms with Crippen molar-refractivity contribution in [2.45, 2.75) is 72.9 Å². The monoisotopic (exact) mass is 472 g/mol. The molecule has 1 N–H and O–H groups in total. The number of nitrogens with zero attached hydrogens (tertiary/aromatic N) is 1. The highest BCUT2D eigenvalue weighted by Crippen LogP contribution is 2.39. The summed E-state index contributed by atoms with van der Waals surface area (Å²) in [4.78, 5) is 41.1. The average Bonchev–Trinajstić information content (AvgIpc) is 3.04. The van der Waals surface area contributed by atoms with Crippen LogP contribution >= 0.6 is 0 Å². The number of furan rings is 1. The van der Waals surface area contributed by atoms with E-state index >= 15 is 0 Å². The van der Waals surface area contributed by atoms with E-state index in [0.29, 0.717) is 0 Å². The highest BCUT2D eigenvalue weighted by molar-refractivity contribution is 6.12. The van der Waals surface area contributed by atoms with Crippen LogP contribution in [-0.2, 0) is 20.7 Å². The first-order valence-corrected chi connectivity index (χ1v) is 11.5. The number of benzene rings is 1. The molecule has 1 amide bonds. The summed E-state index contributed by atoms with van der Waals surface area (Å²) in [6.45, 7) is 14.7. The predicted molar refractivity (Wildman–Crippen MR) is 131 cm³/mol. The van der Waals surface area contributed by atoms with Crippen molar-refractivity contribution in [1.29, 1.82) is 0 Å². The number of rotatable bonds is 8. The molecule has 1 heterocycles. The van der Waals surface area contributed by atoms with Crippen molar-refractivity contribution in [3.05, 3.63) is 47.0 Å². The molecule has 0 unspecified atom stereocenters. The summed E-state index contributed by atoms with van der Waals surface area (Å²) in [5.74, 6) is -1.81. The molecule has 8 heteroatoms. The van der Waals surface area contributed by atoms with Gasteiger partial charge >= 0.3 is 11.9 Å². The first-order chi connectivity index (χ1) is 15.8. The van der Waals surface area contributed by atoms with Gasteiger partial charge in [0.15, 0.2) is 0 Å². The lowest BCUT2D eigenvalue weighted by Crippen LogP contribution is -2.47. The summed E-state index contributed by atoms with van der Waals surface area (Å²) in [5.41, 5.74) is -0.710. The lowest BCUT2D eigenvalue weighted by molar-refractivity contribution is -0.119. The molecule has 0 aliphatic heterocycles. The molecule has 0 aliphatic rings. The fourth-order valence-corrected chi connectivity index (χ4v) is 3.44. The molecule has 0 saturated carbocycles. The standard InChI is InChI=1S/C26H36N2O6/c1-9-32-23(30)19-20(24(31)33-10-2)22(34-21(19)27-25(3,4)5)28(26(6,7)8)18(29)16-17-14-12-11-13-15-17/h11-15,27H,9-10,16H2,1-8H3. The third kappa shape index (κ3) is 6.62. The minimum atomic E-state index is -0.782. The molecular formula is C26H36N2O6. The van der Waals surface area contributed by atoms with Crippen LogP contribution in [0.5, 0.6) is 0 Å². The summed E-state index contributed by atoms with van der Waals surface area (Å²) in [7, 11) is 0. The van der Waals surface area contributed by atoms with E-state index in [9.17, 15) is 14.4 Å². The molecule has 0 fully saturated rings. The quantitative estimate of drug-likeness (QED) is 0.526. The van der Waals surface area contributed by atoms with Gasteiger partial charge in [0, 0.05) is 11.1 Å². The second-order valence-electron chi connectivity index (χ2n) is 9.86. The molecular weight excluding hydrogens is 436 g/mol. The van der Waals surface area contributed by atoms with E-state index in [1.165, 1.54) is 4.90 Å². The Morgan fingerprint density at radius 1 is 0.882 bits per heavy atom. The minimum Gasteiger partial charge on any atom is -0.462 e. The van der Waals surface area contributed by atoms with Crippen LogP contribution in [0.2, 0.25) is 0 Å². The summed E-state index contributed by atoms with van der Waals surface area (Å²) in [6.07, 6.45) is 0.0812. The van der Waals surface area contributed by atoms with Gasteiger partial charge in [-0.3, -0.25) is 9.69 Å². The number of esters is 2. The first-order valence-electron chi connectivity index (χ1n) is 11.5. The number of carbonyl (C=O) groups is 3. The zero-order chi connectivity index (χ0) is 25.7. The smallest absolute Gasteiger partial charge is 0.344 e. The Balaban J connectivity index is 2.77.